The number of nitrogens with one attached hydrogen (secondary N) is 1. The van der Waals surface area contributed by atoms with Crippen LogP contribution in [0.1, 0.15) is 34.3 Å². The summed E-state index contributed by atoms with van der Waals surface area (Å²) in [6.07, 6.45) is 0.380. The Morgan fingerprint density at radius 1 is 1.19 bits per heavy atom. The Kier molecular flexibility index (Phi) is 3.91. The summed E-state index contributed by atoms with van der Waals surface area (Å²) in [4.78, 5) is 41.7. The molecule has 0 radical (unpaired) electrons. The molecule has 1 aromatic carbocycles. The van der Waals surface area contributed by atoms with Gasteiger partial charge in [0.25, 0.3) is 5.91 Å². The first-order chi connectivity index (χ1) is 12.9. The van der Waals surface area contributed by atoms with Crippen molar-refractivity contribution in [3.05, 3.63) is 46.8 Å². The van der Waals surface area contributed by atoms with Gasteiger partial charge in [0, 0.05) is 23.1 Å². The number of carbonyl (C=O) groups is 3. The highest BCUT2D eigenvalue weighted by Gasteiger charge is 2.40. The molecule has 0 saturated carbocycles. The number of halogens is 1. The summed E-state index contributed by atoms with van der Waals surface area (Å²) in [7, 11) is 0. The molecule has 0 spiro atoms. The second-order valence-electron chi connectivity index (χ2n) is 6.75. The molecule has 1 fully saturated rings. The van der Waals surface area contributed by atoms with E-state index in [1.54, 1.807) is 25.1 Å². The van der Waals surface area contributed by atoms with E-state index in [0.717, 1.165) is 5.56 Å². The maximum atomic E-state index is 15.2. The second kappa shape index (κ2) is 6.15. The number of amides is 3. The molecular weight excluding hydrogens is 351 g/mol. The van der Waals surface area contributed by atoms with E-state index in [2.05, 4.69) is 10.3 Å². The van der Waals surface area contributed by atoms with E-state index in [4.69, 9.17) is 5.73 Å². The first kappa shape index (κ1) is 17.1. The van der Waals surface area contributed by atoms with Crippen molar-refractivity contribution in [2.75, 3.05) is 5.73 Å². The third-order valence-corrected chi connectivity index (χ3v) is 5.02. The molecule has 0 aliphatic carbocycles. The zero-order valence-corrected chi connectivity index (χ0v) is 14.6. The summed E-state index contributed by atoms with van der Waals surface area (Å²) in [6, 6.07) is 5.67. The minimum atomic E-state index is -0.780. The molecule has 4 rings (SSSR count). The third-order valence-electron chi connectivity index (χ3n) is 5.02. The smallest absolute Gasteiger partial charge is 0.255 e. The van der Waals surface area contributed by atoms with E-state index in [0.29, 0.717) is 5.69 Å². The van der Waals surface area contributed by atoms with Gasteiger partial charge in [-0.3, -0.25) is 19.7 Å². The Bertz CT molecular complexity index is 1000. The van der Waals surface area contributed by atoms with Crippen LogP contribution < -0.4 is 11.1 Å². The molecule has 2 aliphatic rings. The lowest BCUT2D eigenvalue weighted by molar-refractivity contribution is -0.136. The van der Waals surface area contributed by atoms with Crippen LogP contribution in [0.3, 0.4) is 0 Å². The lowest BCUT2D eigenvalue weighted by Crippen LogP contribution is -2.52. The zero-order valence-electron chi connectivity index (χ0n) is 14.6. The summed E-state index contributed by atoms with van der Waals surface area (Å²) in [5.74, 6) is -1.57. The molecule has 27 heavy (non-hydrogen) atoms. The SMILES string of the molecule is Cc1ccc(N)nc1-c1ccc2c(c1F)CN(C1CCC(=O)NC1=O)C2=O. The highest BCUT2D eigenvalue weighted by atomic mass is 19.1. The van der Waals surface area contributed by atoms with Crippen LogP contribution in [-0.4, -0.2) is 33.6 Å². The number of nitrogen functional groups attached to an aromatic ring is 1. The van der Waals surface area contributed by atoms with E-state index in [1.807, 2.05) is 0 Å². The number of piperidine rings is 1. The van der Waals surface area contributed by atoms with Crippen molar-refractivity contribution in [1.29, 1.82) is 0 Å². The zero-order chi connectivity index (χ0) is 19.3. The summed E-state index contributed by atoms with van der Waals surface area (Å²) in [6.45, 7) is 1.77. The first-order valence-electron chi connectivity index (χ1n) is 8.56. The fraction of sp³-hybridized carbons (Fsp3) is 0.263. The molecule has 8 heteroatoms. The van der Waals surface area contributed by atoms with E-state index in [9.17, 15) is 14.4 Å². The van der Waals surface area contributed by atoms with E-state index in [1.165, 1.54) is 11.0 Å². The minimum absolute atomic E-state index is 0.0263. The van der Waals surface area contributed by atoms with Crippen molar-refractivity contribution < 1.29 is 18.8 Å². The van der Waals surface area contributed by atoms with Crippen molar-refractivity contribution in [2.24, 2.45) is 0 Å². The summed E-state index contributed by atoms with van der Waals surface area (Å²) < 4.78 is 15.2. The summed E-state index contributed by atoms with van der Waals surface area (Å²) in [5, 5.41) is 2.23. The molecule has 7 nitrogen and oxygen atoms in total. The molecule has 1 saturated heterocycles. The molecule has 3 amide bonds. The fourth-order valence-electron chi connectivity index (χ4n) is 3.60. The van der Waals surface area contributed by atoms with Crippen LogP contribution in [-0.2, 0) is 16.1 Å². The monoisotopic (exact) mass is 368 g/mol. The van der Waals surface area contributed by atoms with Crippen molar-refractivity contribution in [1.82, 2.24) is 15.2 Å². The predicted molar refractivity (Wildman–Crippen MR) is 94.8 cm³/mol. The Labute approximate surface area is 154 Å². The number of nitrogens with two attached hydrogens (primary N) is 1. The lowest BCUT2D eigenvalue weighted by Gasteiger charge is -2.29. The topological polar surface area (TPSA) is 105 Å². The Morgan fingerprint density at radius 3 is 2.67 bits per heavy atom. The predicted octanol–water partition coefficient (Wildman–Crippen LogP) is 1.54. The molecule has 1 unspecified atom stereocenters. The molecule has 2 aliphatic heterocycles. The average Bonchev–Trinajstić information content (AvgIpc) is 2.95. The van der Waals surface area contributed by atoms with Crippen LogP contribution in [0.15, 0.2) is 24.3 Å². The quantitative estimate of drug-likeness (QED) is 0.782. The molecule has 3 heterocycles. The number of nitrogens with zero attached hydrogens (tertiary/aromatic N) is 2. The number of aromatic nitrogens is 1. The lowest BCUT2D eigenvalue weighted by atomic mass is 10.00. The number of rotatable bonds is 2. The highest BCUT2D eigenvalue weighted by molar-refractivity contribution is 6.05. The van der Waals surface area contributed by atoms with Crippen LogP contribution in [0.2, 0.25) is 0 Å². The van der Waals surface area contributed by atoms with E-state index in [-0.39, 0.29) is 47.8 Å². The Hall–Kier alpha value is -3.29. The van der Waals surface area contributed by atoms with Crippen molar-refractivity contribution in [3.63, 3.8) is 0 Å². The summed E-state index contributed by atoms with van der Waals surface area (Å²) >= 11 is 0. The number of aryl methyl sites for hydroxylation is 1. The van der Waals surface area contributed by atoms with Crippen molar-refractivity contribution in [2.45, 2.75) is 32.4 Å². The van der Waals surface area contributed by atoms with Crippen LogP contribution in [0.25, 0.3) is 11.3 Å². The Balaban J connectivity index is 1.72. The summed E-state index contributed by atoms with van der Waals surface area (Å²) in [5.41, 5.74) is 7.62. The molecular formula is C19H17FN4O3. The van der Waals surface area contributed by atoms with Gasteiger partial charge >= 0.3 is 0 Å². The van der Waals surface area contributed by atoms with Crippen LogP contribution in [0.5, 0.6) is 0 Å². The maximum Gasteiger partial charge on any atom is 0.255 e. The van der Waals surface area contributed by atoms with Crippen LogP contribution in [0.4, 0.5) is 10.2 Å². The fourth-order valence-corrected chi connectivity index (χ4v) is 3.60. The largest absolute Gasteiger partial charge is 0.384 e. The maximum absolute atomic E-state index is 15.2. The van der Waals surface area contributed by atoms with Crippen molar-refractivity contribution in [3.8, 4) is 11.3 Å². The standard InChI is InChI=1S/C19H17FN4O3/c1-9-2-6-14(21)22-17(9)11-4-3-10-12(16(11)20)8-24(19(10)27)13-5-7-15(25)23-18(13)26/h2-4,6,13H,5,7-8H2,1H3,(H2,21,22)(H,23,25,26). The van der Waals surface area contributed by atoms with Gasteiger partial charge in [-0.15, -0.1) is 0 Å². The number of imide groups is 1. The molecule has 138 valence electrons. The number of fused-ring (bicyclic) bond motifs is 1. The van der Waals surface area contributed by atoms with Gasteiger partial charge in [0.1, 0.15) is 17.7 Å². The average molecular weight is 368 g/mol. The van der Waals surface area contributed by atoms with Gasteiger partial charge in [-0.05, 0) is 37.1 Å². The van der Waals surface area contributed by atoms with Gasteiger partial charge in [-0.1, -0.05) is 6.07 Å². The number of hydrogen-bond donors (Lipinski definition) is 2. The highest BCUT2D eigenvalue weighted by Crippen LogP contribution is 2.34. The van der Waals surface area contributed by atoms with Crippen LogP contribution in [0, 0.1) is 12.7 Å². The molecule has 0 bridgehead atoms. The van der Waals surface area contributed by atoms with Gasteiger partial charge in [0.15, 0.2) is 0 Å². The normalized spacial score (nSPS) is 19.3. The second-order valence-corrected chi connectivity index (χ2v) is 6.75. The van der Waals surface area contributed by atoms with E-state index >= 15 is 4.39 Å². The van der Waals surface area contributed by atoms with E-state index < -0.39 is 23.7 Å². The third kappa shape index (κ3) is 2.73. The molecule has 1 atom stereocenters. The van der Waals surface area contributed by atoms with Gasteiger partial charge in [-0.25, -0.2) is 9.37 Å². The number of benzene rings is 1. The van der Waals surface area contributed by atoms with Crippen molar-refractivity contribution >= 4 is 23.5 Å². The minimum Gasteiger partial charge on any atom is -0.384 e. The number of pyridine rings is 1. The van der Waals surface area contributed by atoms with Gasteiger partial charge < -0.3 is 10.6 Å². The molecule has 1 aromatic heterocycles. The van der Waals surface area contributed by atoms with Gasteiger partial charge in [-0.2, -0.15) is 0 Å². The van der Waals surface area contributed by atoms with Gasteiger partial charge in [0.05, 0.1) is 12.2 Å². The van der Waals surface area contributed by atoms with Crippen LogP contribution >= 0.6 is 0 Å². The number of carbonyl (C=O) groups excluding carboxylic acids is 3. The van der Waals surface area contributed by atoms with Gasteiger partial charge in [0.2, 0.25) is 11.8 Å². The molecule has 2 aromatic rings. The Morgan fingerprint density at radius 2 is 1.93 bits per heavy atom. The first-order valence-corrected chi connectivity index (χ1v) is 8.56. The number of anilines is 1. The number of hydrogen-bond acceptors (Lipinski definition) is 5. The molecule has 3 N–H and O–H groups in total.